The zero-order valence-corrected chi connectivity index (χ0v) is 11.6. The second-order valence-corrected chi connectivity index (χ2v) is 6.36. The second-order valence-electron chi connectivity index (χ2n) is 5.14. The highest BCUT2D eigenvalue weighted by atomic mass is 32.2. The van der Waals surface area contributed by atoms with Crippen LogP contribution in [0, 0.1) is 5.92 Å². The van der Waals surface area contributed by atoms with Gasteiger partial charge in [0.25, 0.3) is 0 Å². The summed E-state index contributed by atoms with van der Waals surface area (Å²) in [6.45, 7) is 0.696. The number of β-amino-alcohol motifs (C(OH)–C–C–N with tert-alkyl or cyclic N) is 1. The molecule has 0 bridgehead atoms. The number of likely N-dealkylation sites (tertiary alicyclic amines) is 1. The molecule has 0 aromatic rings. The first-order valence-corrected chi connectivity index (χ1v) is 7.76. The van der Waals surface area contributed by atoms with Crippen LogP contribution in [-0.4, -0.2) is 63.9 Å². The number of nitrogens with zero attached hydrogens (tertiary/aromatic N) is 1. The Morgan fingerprint density at radius 2 is 2.00 bits per heavy atom. The SMILES string of the molecule is O=C(O)[C@@H]1C[C@H](O)CN1C(=O)NCC1CCSCC1. The van der Waals surface area contributed by atoms with E-state index in [1.165, 1.54) is 4.90 Å². The maximum absolute atomic E-state index is 12.0. The van der Waals surface area contributed by atoms with Crippen molar-refractivity contribution >= 4 is 23.8 Å². The van der Waals surface area contributed by atoms with E-state index < -0.39 is 18.1 Å². The third-order valence-corrected chi connectivity index (χ3v) is 4.76. The lowest BCUT2D eigenvalue weighted by Crippen LogP contribution is -2.47. The van der Waals surface area contributed by atoms with Gasteiger partial charge in [0.1, 0.15) is 6.04 Å². The highest BCUT2D eigenvalue weighted by Crippen LogP contribution is 2.22. The lowest BCUT2D eigenvalue weighted by molar-refractivity contribution is -0.141. The number of thioether (sulfide) groups is 1. The molecule has 7 heteroatoms. The van der Waals surface area contributed by atoms with Crippen LogP contribution < -0.4 is 5.32 Å². The average Bonchev–Trinajstić information content (AvgIpc) is 2.79. The quantitative estimate of drug-likeness (QED) is 0.697. The van der Waals surface area contributed by atoms with E-state index in [2.05, 4.69) is 5.32 Å². The normalized spacial score (nSPS) is 28.4. The van der Waals surface area contributed by atoms with Gasteiger partial charge in [-0.2, -0.15) is 11.8 Å². The maximum atomic E-state index is 12.0. The minimum Gasteiger partial charge on any atom is -0.480 e. The fourth-order valence-electron chi connectivity index (χ4n) is 2.56. The van der Waals surface area contributed by atoms with Crippen LogP contribution in [0.1, 0.15) is 19.3 Å². The molecule has 0 unspecified atom stereocenters. The van der Waals surface area contributed by atoms with Crippen molar-refractivity contribution in [3.63, 3.8) is 0 Å². The van der Waals surface area contributed by atoms with Gasteiger partial charge in [0.2, 0.25) is 0 Å². The molecule has 0 spiro atoms. The first-order valence-electron chi connectivity index (χ1n) is 6.61. The number of carbonyl (C=O) groups is 2. The summed E-state index contributed by atoms with van der Waals surface area (Å²) in [7, 11) is 0. The number of nitrogens with one attached hydrogen (secondary N) is 1. The van der Waals surface area contributed by atoms with Crippen molar-refractivity contribution in [2.24, 2.45) is 5.92 Å². The molecule has 2 fully saturated rings. The van der Waals surface area contributed by atoms with Crippen molar-refractivity contribution in [3.05, 3.63) is 0 Å². The number of hydrogen-bond acceptors (Lipinski definition) is 4. The number of carboxylic acids is 1. The number of aliphatic carboxylic acids is 1. The zero-order valence-electron chi connectivity index (χ0n) is 10.7. The molecule has 2 amide bonds. The van der Waals surface area contributed by atoms with Gasteiger partial charge in [-0.05, 0) is 30.3 Å². The van der Waals surface area contributed by atoms with Crippen molar-refractivity contribution in [3.8, 4) is 0 Å². The van der Waals surface area contributed by atoms with Crippen LogP contribution in [0.3, 0.4) is 0 Å². The molecule has 0 aromatic heterocycles. The molecule has 0 radical (unpaired) electrons. The minimum absolute atomic E-state index is 0.101. The van der Waals surface area contributed by atoms with E-state index in [-0.39, 0.29) is 19.0 Å². The first-order chi connectivity index (χ1) is 9.08. The molecule has 108 valence electrons. The van der Waals surface area contributed by atoms with Gasteiger partial charge in [0.05, 0.1) is 6.10 Å². The predicted molar refractivity (Wildman–Crippen MR) is 72.2 cm³/mol. The Morgan fingerprint density at radius 3 is 2.63 bits per heavy atom. The number of urea groups is 1. The van der Waals surface area contributed by atoms with Crippen LogP contribution in [0.15, 0.2) is 0 Å². The fraction of sp³-hybridized carbons (Fsp3) is 0.833. The number of rotatable bonds is 3. The molecular formula is C12H20N2O4S. The van der Waals surface area contributed by atoms with Crippen LogP contribution in [0.4, 0.5) is 4.79 Å². The zero-order chi connectivity index (χ0) is 13.8. The van der Waals surface area contributed by atoms with Gasteiger partial charge < -0.3 is 20.4 Å². The van der Waals surface area contributed by atoms with E-state index in [4.69, 9.17) is 5.11 Å². The summed E-state index contributed by atoms with van der Waals surface area (Å²) < 4.78 is 0. The molecule has 2 atom stereocenters. The summed E-state index contributed by atoms with van der Waals surface area (Å²) in [5, 5.41) is 21.3. The van der Waals surface area contributed by atoms with Gasteiger partial charge in [-0.25, -0.2) is 9.59 Å². The molecule has 6 nitrogen and oxygen atoms in total. The van der Waals surface area contributed by atoms with Gasteiger partial charge in [-0.15, -0.1) is 0 Å². The lowest BCUT2D eigenvalue weighted by Gasteiger charge is -2.25. The monoisotopic (exact) mass is 288 g/mol. The Bertz CT molecular complexity index is 347. The highest BCUT2D eigenvalue weighted by molar-refractivity contribution is 7.99. The van der Waals surface area contributed by atoms with Gasteiger partial charge >= 0.3 is 12.0 Å². The Hall–Kier alpha value is -0.950. The standard InChI is InChI=1S/C12H20N2O4S/c15-9-5-10(11(16)17)14(7-9)12(18)13-6-8-1-3-19-4-2-8/h8-10,15H,1-7H2,(H,13,18)(H,16,17)/t9-,10-/m0/s1. The van der Waals surface area contributed by atoms with Crippen LogP contribution in [-0.2, 0) is 4.79 Å². The molecule has 2 saturated heterocycles. The van der Waals surface area contributed by atoms with Gasteiger partial charge in [-0.1, -0.05) is 0 Å². The number of hydrogen-bond donors (Lipinski definition) is 3. The number of carboxylic acid groups (broad SMARTS) is 1. The Labute approximate surface area is 116 Å². The molecule has 2 aliphatic heterocycles. The highest BCUT2D eigenvalue weighted by Gasteiger charge is 2.38. The topological polar surface area (TPSA) is 89.9 Å². The summed E-state index contributed by atoms with van der Waals surface area (Å²) in [6, 6.07) is -1.28. The van der Waals surface area contributed by atoms with Crippen LogP contribution in [0.25, 0.3) is 0 Å². The van der Waals surface area contributed by atoms with Crippen molar-refractivity contribution in [2.45, 2.75) is 31.4 Å². The van der Waals surface area contributed by atoms with Crippen LogP contribution >= 0.6 is 11.8 Å². The summed E-state index contributed by atoms with van der Waals surface area (Å²) in [6.07, 6.45) is 1.56. The summed E-state index contributed by atoms with van der Waals surface area (Å²) in [4.78, 5) is 24.2. The summed E-state index contributed by atoms with van der Waals surface area (Å²) in [5.74, 6) is 1.68. The number of amides is 2. The Morgan fingerprint density at radius 1 is 1.32 bits per heavy atom. The molecule has 0 aliphatic carbocycles. The number of carbonyl (C=O) groups excluding carboxylic acids is 1. The lowest BCUT2D eigenvalue weighted by atomic mass is 10.0. The second kappa shape index (κ2) is 6.47. The van der Waals surface area contributed by atoms with E-state index >= 15 is 0 Å². The van der Waals surface area contributed by atoms with E-state index in [0.29, 0.717) is 12.5 Å². The third kappa shape index (κ3) is 3.76. The molecule has 3 N–H and O–H groups in total. The average molecular weight is 288 g/mol. The Kier molecular flexibility index (Phi) is 4.93. The predicted octanol–water partition coefficient (Wildman–Crippen LogP) is 0.359. The molecule has 2 heterocycles. The van der Waals surface area contributed by atoms with E-state index in [1.807, 2.05) is 11.8 Å². The van der Waals surface area contributed by atoms with Crippen molar-refractivity contribution in [2.75, 3.05) is 24.6 Å². The summed E-state index contributed by atoms with van der Waals surface area (Å²) in [5.41, 5.74) is 0. The smallest absolute Gasteiger partial charge is 0.326 e. The van der Waals surface area contributed by atoms with Crippen LogP contribution in [0.5, 0.6) is 0 Å². The Balaban J connectivity index is 1.82. The van der Waals surface area contributed by atoms with Crippen LogP contribution in [0.2, 0.25) is 0 Å². The largest absolute Gasteiger partial charge is 0.480 e. The van der Waals surface area contributed by atoms with Gasteiger partial charge in [0.15, 0.2) is 0 Å². The maximum Gasteiger partial charge on any atom is 0.326 e. The molecule has 19 heavy (non-hydrogen) atoms. The fourth-order valence-corrected chi connectivity index (χ4v) is 3.76. The van der Waals surface area contributed by atoms with E-state index in [1.54, 1.807) is 0 Å². The first kappa shape index (κ1) is 14.5. The third-order valence-electron chi connectivity index (χ3n) is 3.71. The summed E-state index contributed by atoms with van der Waals surface area (Å²) >= 11 is 1.93. The minimum atomic E-state index is -1.05. The van der Waals surface area contributed by atoms with Crippen molar-refractivity contribution in [1.82, 2.24) is 10.2 Å². The number of aliphatic hydroxyl groups is 1. The molecule has 0 aromatic carbocycles. The van der Waals surface area contributed by atoms with Gasteiger partial charge in [0, 0.05) is 19.5 Å². The van der Waals surface area contributed by atoms with Gasteiger partial charge in [-0.3, -0.25) is 0 Å². The number of aliphatic hydroxyl groups excluding tert-OH is 1. The molecule has 0 saturated carbocycles. The molecule has 2 rings (SSSR count). The van der Waals surface area contributed by atoms with Crippen molar-refractivity contribution < 1.29 is 19.8 Å². The van der Waals surface area contributed by atoms with E-state index in [0.717, 1.165) is 24.3 Å². The van der Waals surface area contributed by atoms with Crippen molar-refractivity contribution in [1.29, 1.82) is 0 Å². The molecular weight excluding hydrogens is 268 g/mol. The van der Waals surface area contributed by atoms with E-state index in [9.17, 15) is 14.7 Å². The molecule has 2 aliphatic rings.